The van der Waals surface area contributed by atoms with E-state index in [4.69, 9.17) is 0 Å². The number of hydrogen-bond acceptors (Lipinski definition) is 3. The van der Waals surface area contributed by atoms with Crippen LogP contribution in [0.15, 0.2) is 48.8 Å². The van der Waals surface area contributed by atoms with Crippen molar-refractivity contribution in [3.63, 3.8) is 0 Å². The summed E-state index contributed by atoms with van der Waals surface area (Å²) in [7, 11) is 0. The van der Waals surface area contributed by atoms with E-state index in [1.165, 1.54) is 11.8 Å². The van der Waals surface area contributed by atoms with E-state index in [9.17, 15) is 4.39 Å². The standard InChI is InChI=1S/C18H19FN4/c19-17-4-2-1-3-14(17)11-18-21-13-16-12-15(5-8-23(16)18)22-9-6-20-7-10-22/h1-5,8,12-13,20H,6-7,9-11H2. The highest BCUT2D eigenvalue weighted by Crippen LogP contribution is 2.20. The number of imidazole rings is 1. The van der Waals surface area contributed by atoms with Gasteiger partial charge in [-0.05, 0) is 23.8 Å². The zero-order chi connectivity index (χ0) is 15.6. The zero-order valence-corrected chi connectivity index (χ0v) is 12.9. The van der Waals surface area contributed by atoms with Gasteiger partial charge < -0.3 is 14.6 Å². The number of anilines is 1. The average molecular weight is 310 g/mol. The van der Waals surface area contributed by atoms with Gasteiger partial charge in [-0.1, -0.05) is 18.2 Å². The minimum atomic E-state index is -0.179. The molecule has 4 nitrogen and oxygen atoms in total. The number of piperazine rings is 1. The van der Waals surface area contributed by atoms with E-state index in [0.717, 1.165) is 37.5 Å². The Hall–Kier alpha value is -2.40. The minimum Gasteiger partial charge on any atom is -0.369 e. The number of nitrogens with zero attached hydrogens (tertiary/aromatic N) is 3. The van der Waals surface area contributed by atoms with Gasteiger partial charge in [0.15, 0.2) is 0 Å². The van der Waals surface area contributed by atoms with Crippen molar-refractivity contribution in [2.45, 2.75) is 6.42 Å². The number of rotatable bonds is 3. The highest BCUT2D eigenvalue weighted by atomic mass is 19.1. The van der Waals surface area contributed by atoms with Gasteiger partial charge in [-0.25, -0.2) is 9.37 Å². The Bertz CT molecular complexity index is 821. The van der Waals surface area contributed by atoms with Gasteiger partial charge in [-0.15, -0.1) is 0 Å². The molecule has 3 heterocycles. The van der Waals surface area contributed by atoms with Crippen LogP contribution < -0.4 is 10.2 Å². The predicted octanol–water partition coefficient (Wildman–Crippen LogP) is 2.47. The van der Waals surface area contributed by atoms with Gasteiger partial charge in [0.05, 0.1) is 11.7 Å². The topological polar surface area (TPSA) is 32.6 Å². The first kappa shape index (κ1) is 14.2. The maximum absolute atomic E-state index is 13.8. The largest absolute Gasteiger partial charge is 0.369 e. The number of fused-ring (bicyclic) bond motifs is 1. The lowest BCUT2D eigenvalue weighted by atomic mass is 10.1. The fraction of sp³-hybridized carbons (Fsp3) is 0.278. The molecule has 0 unspecified atom stereocenters. The minimum absolute atomic E-state index is 0.179. The van der Waals surface area contributed by atoms with Crippen LogP contribution in [0.3, 0.4) is 0 Å². The fourth-order valence-electron chi connectivity index (χ4n) is 3.11. The van der Waals surface area contributed by atoms with E-state index in [2.05, 4.69) is 27.3 Å². The van der Waals surface area contributed by atoms with E-state index in [-0.39, 0.29) is 5.82 Å². The molecule has 23 heavy (non-hydrogen) atoms. The molecular formula is C18H19FN4. The molecule has 1 aliphatic heterocycles. The molecule has 0 amide bonds. The van der Waals surface area contributed by atoms with E-state index >= 15 is 0 Å². The third-order valence-corrected chi connectivity index (χ3v) is 4.38. The van der Waals surface area contributed by atoms with Crippen LogP contribution >= 0.6 is 0 Å². The summed E-state index contributed by atoms with van der Waals surface area (Å²) in [6.45, 7) is 4.07. The van der Waals surface area contributed by atoms with E-state index in [1.807, 2.05) is 28.9 Å². The third-order valence-electron chi connectivity index (χ3n) is 4.38. The summed E-state index contributed by atoms with van der Waals surface area (Å²) >= 11 is 0. The zero-order valence-electron chi connectivity index (χ0n) is 12.9. The number of halogens is 1. The Kier molecular flexibility index (Phi) is 3.71. The first-order valence-corrected chi connectivity index (χ1v) is 7.96. The molecular weight excluding hydrogens is 291 g/mol. The lowest BCUT2D eigenvalue weighted by Crippen LogP contribution is -2.43. The summed E-state index contributed by atoms with van der Waals surface area (Å²) in [5, 5.41) is 3.36. The highest BCUT2D eigenvalue weighted by molar-refractivity contribution is 5.60. The molecule has 0 radical (unpaired) electrons. The number of nitrogens with one attached hydrogen (secondary N) is 1. The molecule has 4 rings (SSSR count). The number of aromatic nitrogens is 2. The molecule has 0 bridgehead atoms. The van der Waals surface area contributed by atoms with Crippen LogP contribution in [0.5, 0.6) is 0 Å². The van der Waals surface area contributed by atoms with Crippen LogP contribution in [0.25, 0.3) is 5.52 Å². The van der Waals surface area contributed by atoms with Crippen molar-refractivity contribution < 1.29 is 4.39 Å². The van der Waals surface area contributed by atoms with Gasteiger partial charge in [0.1, 0.15) is 11.6 Å². The van der Waals surface area contributed by atoms with Crippen LogP contribution in [0.1, 0.15) is 11.4 Å². The second kappa shape index (κ2) is 6.01. The molecule has 1 saturated heterocycles. The Morgan fingerprint density at radius 1 is 1.13 bits per heavy atom. The molecule has 0 atom stereocenters. The van der Waals surface area contributed by atoms with Gasteiger partial charge >= 0.3 is 0 Å². The third kappa shape index (κ3) is 2.80. The monoisotopic (exact) mass is 310 g/mol. The molecule has 1 aromatic carbocycles. The Morgan fingerprint density at radius 3 is 2.78 bits per heavy atom. The second-order valence-electron chi connectivity index (χ2n) is 5.86. The second-order valence-corrected chi connectivity index (χ2v) is 5.86. The Balaban J connectivity index is 1.64. The van der Waals surface area contributed by atoms with E-state index in [0.29, 0.717) is 12.0 Å². The Morgan fingerprint density at radius 2 is 1.96 bits per heavy atom. The summed E-state index contributed by atoms with van der Waals surface area (Å²) < 4.78 is 15.9. The molecule has 3 aromatic rings. The fourth-order valence-corrected chi connectivity index (χ4v) is 3.11. The van der Waals surface area contributed by atoms with Crippen molar-refractivity contribution in [2.75, 3.05) is 31.1 Å². The van der Waals surface area contributed by atoms with E-state index in [1.54, 1.807) is 6.07 Å². The molecule has 1 aliphatic rings. The maximum atomic E-state index is 13.8. The first-order chi connectivity index (χ1) is 11.3. The molecule has 1 N–H and O–H groups in total. The van der Waals surface area contributed by atoms with Crippen molar-refractivity contribution in [3.05, 3.63) is 66.0 Å². The van der Waals surface area contributed by atoms with Crippen molar-refractivity contribution in [2.24, 2.45) is 0 Å². The van der Waals surface area contributed by atoms with Crippen molar-refractivity contribution in [3.8, 4) is 0 Å². The normalized spacial score (nSPS) is 15.3. The smallest absolute Gasteiger partial charge is 0.126 e. The average Bonchev–Trinajstić information content (AvgIpc) is 3.00. The van der Waals surface area contributed by atoms with Crippen molar-refractivity contribution in [1.29, 1.82) is 0 Å². The number of hydrogen-bond donors (Lipinski definition) is 1. The SMILES string of the molecule is Fc1ccccc1Cc1ncc2cc(N3CCNCC3)ccn12. The molecule has 1 fully saturated rings. The van der Waals surface area contributed by atoms with Crippen LogP contribution in [0.4, 0.5) is 10.1 Å². The molecule has 0 aliphatic carbocycles. The first-order valence-electron chi connectivity index (χ1n) is 7.96. The van der Waals surface area contributed by atoms with Gasteiger partial charge in [0.25, 0.3) is 0 Å². The quantitative estimate of drug-likeness (QED) is 0.807. The highest BCUT2D eigenvalue weighted by Gasteiger charge is 2.13. The van der Waals surface area contributed by atoms with Gasteiger partial charge in [0.2, 0.25) is 0 Å². The molecule has 118 valence electrons. The molecule has 2 aromatic heterocycles. The van der Waals surface area contributed by atoms with Crippen LogP contribution in [0, 0.1) is 5.82 Å². The summed E-state index contributed by atoms with van der Waals surface area (Å²) in [5.41, 5.74) is 2.94. The maximum Gasteiger partial charge on any atom is 0.126 e. The van der Waals surface area contributed by atoms with Crippen molar-refractivity contribution in [1.82, 2.24) is 14.7 Å². The molecule has 5 heteroatoms. The van der Waals surface area contributed by atoms with E-state index < -0.39 is 0 Å². The Labute approximate surface area is 134 Å². The summed E-state index contributed by atoms with van der Waals surface area (Å²) in [5.74, 6) is 0.679. The summed E-state index contributed by atoms with van der Waals surface area (Å²) in [6.07, 6.45) is 4.39. The number of benzene rings is 1. The lowest BCUT2D eigenvalue weighted by Gasteiger charge is -2.29. The van der Waals surface area contributed by atoms with Gasteiger partial charge in [-0.3, -0.25) is 0 Å². The van der Waals surface area contributed by atoms with Crippen molar-refractivity contribution >= 4 is 11.2 Å². The molecule has 0 spiro atoms. The van der Waals surface area contributed by atoms with Gasteiger partial charge in [-0.2, -0.15) is 0 Å². The van der Waals surface area contributed by atoms with Crippen LogP contribution in [-0.2, 0) is 6.42 Å². The summed E-state index contributed by atoms with van der Waals surface area (Å²) in [6, 6.07) is 11.1. The number of pyridine rings is 1. The van der Waals surface area contributed by atoms with Crippen LogP contribution in [-0.4, -0.2) is 35.6 Å². The molecule has 0 saturated carbocycles. The predicted molar refractivity (Wildman–Crippen MR) is 89.5 cm³/mol. The van der Waals surface area contributed by atoms with Crippen LogP contribution in [0.2, 0.25) is 0 Å². The lowest BCUT2D eigenvalue weighted by molar-refractivity contribution is 0.589. The summed E-state index contributed by atoms with van der Waals surface area (Å²) in [4.78, 5) is 6.86. The van der Waals surface area contributed by atoms with Gasteiger partial charge in [0, 0.05) is 44.5 Å².